The molecule has 1 aromatic rings. The van der Waals surface area contributed by atoms with Gasteiger partial charge in [-0.2, -0.15) is 0 Å². The number of ether oxygens (including phenoxy) is 1. The zero-order valence-electron chi connectivity index (χ0n) is 8.94. The van der Waals surface area contributed by atoms with Crippen LogP contribution >= 0.6 is 34.8 Å². The second kappa shape index (κ2) is 4.82. The first kappa shape index (κ1) is 12.0. The van der Waals surface area contributed by atoms with E-state index in [1.165, 1.54) is 12.0 Å². The Morgan fingerprint density at radius 1 is 1.56 bits per heavy atom. The van der Waals surface area contributed by atoms with Gasteiger partial charge in [-0.1, -0.05) is 34.7 Å². The molecule has 16 heavy (non-hydrogen) atoms. The van der Waals surface area contributed by atoms with E-state index < -0.39 is 0 Å². The van der Waals surface area contributed by atoms with E-state index in [0.717, 1.165) is 12.3 Å². The van der Waals surface area contributed by atoms with Gasteiger partial charge in [-0.25, -0.2) is 4.99 Å². The molecule has 0 bridgehead atoms. The molecule has 0 saturated heterocycles. The number of methoxy groups -OCH3 is 1. The lowest BCUT2D eigenvalue weighted by Crippen LogP contribution is -2.14. The van der Waals surface area contributed by atoms with Crippen molar-refractivity contribution in [2.24, 2.45) is 4.99 Å². The molecule has 0 N–H and O–H groups in total. The van der Waals surface area contributed by atoms with Crippen LogP contribution in [0.15, 0.2) is 29.3 Å². The minimum absolute atomic E-state index is 0.179. The molecule has 2 nitrogen and oxygen atoms in total. The quantitative estimate of drug-likeness (QED) is 0.362. The summed E-state index contributed by atoms with van der Waals surface area (Å²) in [5.41, 5.74) is 1.50. The Morgan fingerprint density at radius 2 is 2.19 bits per heavy atom. The van der Waals surface area contributed by atoms with Crippen molar-refractivity contribution in [3.8, 4) is 5.75 Å². The molecule has 1 saturated carbocycles. The van der Waals surface area contributed by atoms with Crippen molar-refractivity contribution in [2.75, 3.05) is 13.7 Å². The van der Waals surface area contributed by atoms with Crippen LogP contribution < -0.4 is 4.74 Å². The molecule has 0 aromatic heterocycles. The van der Waals surface area contributed by atoms with Gasteiger partial charge in [0, 0.05) is 9.34 Å². The molecule has 1 aliphatic carbocycles. The van der Waals surface area contributed by atoms with E-state index in [0.29, 0.717) is 3.92 Å². The highest BCUT2D eigenvalue weighted by Crippen LogP contribution is 2.53. The zero-order chi connectivity index (χ0) is 11.6. The summed E-state index contributed by atoms with van der Waals surface area (Å²) in [5.74, 6) is 0.892. The monoisotopic (exact) mass is 345 g/mol. The molecule has 0 heterocycles. The van der Waals surface area contributed by atoms with Crippen LogP contribution in [-0.4, -0.2) is 22.7 Å². The van der Waals surface area contributed by atoms with Crippen LogP contribution in [0.3, 0.4) is 0 Å². The molecule has 0 radical (unpaired) electrons. The third-order valence-corrected chi connectivity index (χ3v) is 4.84. The molecule has 1 aliphatic rings. The van der Waals surface area contributed by atoms with E-state index in [2.05, 4.69) is 57.1 Å². The normalized spacial score (nSPS) is 27.0. The molecular weight excluding hydrogens is 333 g/mol. The predicted molar refractivity (Wildman–Crippen MR) is 77.0 cm³/mol. The molecule has 84 valence electrons. The van der Waals surface area contributed by atoms with Crippen LogP contribution in [0.5, 0.6) is 5.75 Å². The number of hydrogen-bond acceptors (Lipinski definition) is 3. The van der Waals surface area contributed by atoms with E-state index >= 15 is 0 Å². The van der Waals surface area contributed by atoms with E-state index in [9.17, 15) is 0 Å². The van der Waals surface area contributed by atoms with E-state index in [1.807, 2.05) is 12.1 Å². The number of halogens is 1. The lowest BCUT2D eigenvalue weighted by molar-refractivity contribution is 0.414. The third-order valence-electron chi connectivity index (χ3n) is 3.07. The van der Waals surface area contributed by atoms with Gasteiger partial charge < -0.3 is 4.74 Å². The molecule has 2 rings (SSSR count). The first-order valence-corrected chi connectivity index (χ1v) is 6.70. The summed E-state index contributed by atoms with van der Waals surface area (Å²) >= 11 is 7.11. The molecule has 0 amide bonds. The molecule has 1 aromatic carbocycles. The Bertz CT molecular complexity index is 427. The van der Waals surface area contributed by atoms with Crippen molar-refractivity contribution in [3.05, 3.63) is 29.8 Å². The largest absolute Gasteiger partial charge is 0.497 e. The smallest absolute Gasteiger partial charge is 0.118 e. The summed E-state index contributed by atoms with van der Waals surface area (Å²) in [6.07, 6.45) is 1.17. The van der Waals surface area contributed by atoms with Crippen molar-refractivity contribution in [2.45, 2.75) is 15.8 Å². The Kier molecular flexibility index (Phi) is 3.62. The maximum Gasteiger partial charge on any atom is 0.118 e. The number of nitrogens with zero attached hydrogens (tertiary/aromatic N) is 1. The highest BCUT2D eigenvalue weighted by molar-refractivity contribution is 14.1. The highest BCUT2D eigenvalue weighted by atomic mass is 127. The maximum absolute atomic E-state index is 5.16. The van der Waals surface area contributed by atoms with Gasteiger partial charge in [0.25, 0.3) is 0 Å². The van der Waals surface area contributed by atoms with Gasteiger partial charge in [0.1, 0.15) is 5.75 Å². The minimum Gasteiger partial charge on any atom is -0.497 e. The van der Waals surface area contributed by atoms with Crippen molar-refractivity contribution >= 4 is 40.0 Å². The molecule has 4 heteroatoms. The summed E-state index contributed by atoms with van der Waals surface area (Å²) in [6.45, 7) is 0.746. The third kappa shape index (κ3) is 2.14. The molecular formula is C12H12INOS. The predicted octanol–water partition coefficient (Wildman–Crippen LogP) is 3.24. The summed E-state index contributed by atoms with van der Waals surface area (Å²) in [6, 6.07) is 8.24. The first-order valence-electron chi connectivity index (χ1n) is 5.05. The Labute approximate surface area is 114 Å². The summed E-state index contributed by atoms with van der Waals surface area (Å²) in [7, 11) is 1.68. The standard InChI is InChI=1S/C12H12INOS/c1-15-10-4-2-9(3-5-10)12(6-11(12)13)7-14-8-16/h2-5,11H,6-7H2,1H3. The van der Waals surface area contributed by atoms with Gasteiger partial charge in [-0.3, -0.25) is 0 Å². The minimum atomic E-state index is 0.179. The van der Waals surface area contributed by atoms with Crippen LogP contribution in [0.2, 0.25) is 0 Å². The molecule has 0 aliphatic heterocycles. The highest BCUT2D eigenvalue weighted by Gasteiger charge is 2.53. The van der Waals surface area contributed by atoms with Crippen molar-refractivity contribution in [1.82, 2.24) is 0 Å². The lowest BCUT2D eigenvalue weighted by atomic mass is 9.96. The number of benzene rings is 1. The molecule has 1 fully saturated rings. The second-order valence-electron chi connectivity index (χ2n) is 3.96. The number of rotatable bonds is 4. The van der Waals surface area contributed by atoms with E-state index in [4.69, 9.17) is 4.74 Å². The van der Waals surface area contributed by atoms with Crippen LogP contribution in [0.4, 0.5) is 0 Å². The van der Waals surface area contributed by atoms with Gasteiger partial charge in [-0.15, -0.1) is 0 Å². The summed E-state index contributed by atoms with van der Waals surface area (Å²) < 4.78 is 5.80. The number of isothiocyanates is 1. The molecule has 2 atom stereocenters. The zero-order valence-corrected chi connectivity index (χ0v) is 11.9. The van der Waals surface area contributed by atoms with Gasteiger partial charge in [0.2, 0.25) is 0 Å². The molecule has 2 unspecified atom stereocenters. The number of alkyl halides is 1. The fourth-order valence-electron chi connectivity index (χ4n) is 1.91. The fraction of sp³-hybridized carbons (Fsp3) is 0.417. The Morgan fingerprint density at radius 3 is 2.62 bits per heavy atom. The number of aliphatic imine (C=N–C) groups is 1. The topological polar surface area (TPSA) is 21.6 Å². The fourth-order valence-corrected chi connectivity index (χ4v) is 3.32. The van der Waals surface area contributed by atoms with Gasteiger partial charge in [-0.05, 0) is 36.3 Å². The Hall–Kier alpha value is -0.450. The number of thiocarbonyl (C=S) groups is 1. The first-order chi connectivity index (χ1) is 7.73. The van der Waals surface area contributed by atoms with Crippen LogP contribution in [0, 0.1) is 0 Å². The molecule has 0 spiro atoms. The van der Waals surface area contributed by atoms with E-state index in [-0.39, 0.29) is 5.41 Å². The number of hydrogen-bond donors (Lipinski definition) is 0. The van der Waals surface area contributed by atoms with Gasteiger partial charge in [0.15, 0.2) is 0 Å². The lowest BCUT2D eigenvalue weighted by Gasteiger charge is -2.13. The SMILES string of the molecule is COc1ccc(C2(CN=C=S)CC2I)cc1. The van der Waals surface area contributed by atoms with Crippen LogP contribution in [-0.2, 0) is 5.41 Å². The van der Waals surface area contributed by atoms with Gasteiger partial charge in [0.05, 0.1) is 18.8 Å². The second-order valence-corrected chi connectivity index (χ2v) is 5.65. The maximum atomic E-state index is 5.16. The van der Waals surface area contributed by atoms with Crippen LogP contribution in [0.1, 0.15) is 12.0 Å². The Balaban J connectivity index is 2.24. The van der Waals surface area contributed by atoms with Crippen molar-refractivity contribution < 1.29 is 4.74 Å². The average Bonchev–Trinajstić information content (AvgIpc) is 2.99. The summed E-state index contributed by atoms with van der Waals surface area (Å²) in [5, 5.41) is 2.46. The van der Waals surface area contributed by atoms with Crippen molar-refractivity contribution in [1.29, 1.82) is 0 Å². The van der Waals surface area contributed by atoms with Crippen LogP contribution in [0.25, 0.3) is 0 Å². The van der Waals surface area contributed by atoms with Crippen molar-refractivity contribution in [3.63, 3.8) is 0 Å². The summed E-state index contributed by atoms with van der Waals surface area (Å²) in [4.78, 5) is 4.10. The van der Waals surface area contributed by atoms with E-state index in [1.54, 1.807) is 7.11 Å². The van der Waals surface area contributed by atoms with Gasteiger partial charge >= 0.3 is 0 Å². The average molecular weight is 345 g/mol.